The lowest BCUT2D eigenvalue weighted by Crippen LogP contribution is -1.71. The van der Waals surface area contributed by atoms with Crippen LogP contribution < -0.4 is 0 Å². The second-order valence-corrected chi connectivity index (χ2v) is 2.68. The minimum atomic E-state index is 0.598. The molecule has 2 heteroatoms. The van der Waals surface area contributed by atoms with Gasteiger partial charge in [0, 0.05) is 17.9 Å². The van der Waals surface area contributed by atoms with E-state index >= 15 is 0 Å². The summed E-state index contributed by atoms with van der Waals surface area (Å²) in [7, 11) is 0. The van der Waals surface area contributed by atoms with Crippen LogP contribution in [0.3, 0.4) is 0 Å². The molecule has 0 bridgehead atoms. The van der Waals surface area contributed by atoms with Gasteiger partial charge in [-0.1, -0.05) is 0 Å². The Morgan fingerprint density at radius 3 is 2.92 bits per heavy atom. The van der Waals surface area contributed by atoms with Crippen LogP contribution in [0.25, 0.3) is 11.0 Å². The maximum atomic E-state index is 11.7. The normalized spacial score (nSPS) is 9.69. The molecule has 0 N–H and O–H groups in total. The molecular formula is C11H6FO. The molecule has 2 aromatic rings. The van der Waals surface area contributed by atoms with Gasteiger partial charge in [0.15, 0.2) is 0 Å². The Morgan fingerprint density at radius 1 is 1.31 bits per heavy atom. The van der Waals surface area contributed by atoms with E-state index in [1.165, 1.54) is 6.17 Å². The predicted molar refractivity (Wildman–Crippen MR) is 48.7 cm³/mol. The van der Waals surface area contributed by atoms with Crippen LogP contribution >= 0.6 is 0 Å². The lowest BCUT2D eigenvalue weighted by Gasteiger charge is -1.88. The molecule has 63 valence electrons. The Bertz CT molecular complexity index is 500. The summed E-state index contributed by atoms with van der Waals surface area (Å²) in [5.41, 5.74) is 1.38. The maximum Gasteiger partial charge on any atom is 0.134 e. The molecular weight excluding hydrogens is 167 g/mol. The average molecular weight is 173 g/mol. The monoisotopic (exact) mass is 173 g/mol. The summed E-state index contributed by atoms with van der Waals surface area (Å²) in [6.07, 6.45) is 1.36. The van der Waals surface area contributed by atoms with E-state index in [1.54, 1.807) is 24.3 Å². The zero-order valence-corrected chi connectivity index (χ0v) is 6.80. The molecule has 0 aliphatic heterocycles. The molecule has 1 radical (unpaired) electrons. The maximum absolute atomic E-state index is 11.7. The smallest absolute Gasteiger partial charge is 0.134 e. The zero-order valence-electron chi connectivity index (χ0n) is 6.80. The van der Waals surface area contributed by atoms with Gasteiger partial charge < -0.3 is 4.42 Å². The fourth-order valence-electron chi connectivity index (χ4n) is 1.23. The van der Waals surface area contributed by atoms with Gasteiger partial charge in [-0.15, -0.1) is 4.39 Å². The number of hydrogen-bond acceptors (Lipinski definition) is 1. The molecule has 13 heavy (non-hydrogen) atoms. The summed E-state index contributed by atoms with van der Waals surface area (Å²) in [5.74, 6) is 2.93. The van der Waals surface area contributed by atoms with Gasteiger partial charge in [0.25, 0.3) is 0 Å². The Hall–Kier alpha value is -1.75. The van der Waals surface area contributed by atoms with Crippen LogP contribution in [0.4, 0.5) is 4.39 Å². The van der Waals surface area contributed by atoms with E-state index in [0.717, 1.165) is 11.0 Å². The van der Waals surface area contributed by atoms with Crippen molar-refractivity contribution in [2.75, 3.05) is 0 Å². The lowest BCUT2D eigenvalue weighted by molar-refractivity contribution is 0.595. The first kappa shape index (κ1) is 7.88. The first-order chi connectivity index (χ1) is 6.29. The van der Waals surface area contributed by atoms with Crippen molar-refractivity contribution in [1.82, 2.24) is 0 Å². The molecule has 1 aromatic heterocycles. The number of furan rings is 1. The molecule has 1 aromatic carbocycles. The highest BCUT2D eigenvalue weighted by Crippen LogP contribution is 2.19. The number of hydrogen-bond donors (Lipinski definition) is 0. The molecule has 0 unspecified atom stereocenters. The Balaban J connectivity index is 2.65. The van der Waals surface area contributed by atoms with Crippen molar-refractivity contribution in [1.29, 1.82) is 0 Å². The summed E-state index contributed by atoms with van der Waals surface area (Å²) in [6, 6.07) is 7.01. The number of benzene rings is 1. The van der Waals surface area contributed by atoms with Gasteiger partial charge in [-0.2, -0.15) is 0 Å². The highest BCUT2D eigenvalue weighted by molar-refractivity contribution is 5.79. The van der Waals surface area contributed by atoms with Crippen LogP contribution in [0, 0.1) is 19.0 Å². The number of halogens is 1. The molecule has 1 heterocycles. The average Bonchev–Trinajstić information content (AvgIpc) is 2.44. The molecule has 0 aliphatic rings. The Labute approximate surface area is 75.2 Å². The van der Waals surface area contributed by atoms with Gasteiger partial charge in [0.2, 0.25) is 0 Å². The topological polar surface area (TPSA) is 13.1 Å². The second-order valence-electron chi connectivity index (χ2n) is 2.68. The highest BCUT2D eigenvalue weighted by Gasteiger charge is 1.99. The Morgan fingerprint density at radius 2 is 2.15 bits per heavy atom. The van der Waals surface area contributed by atoms with Crippen molar-refractivity contribution in [3.8, 4) is 12.1 Å². The molecule has 0 amide bonds. The van der Waals surface area contributed by atoms with Gasteiger partial charge in [0.1, 0.15) is 17.5 Å². The molecule has 0 fully saturated rings. The summed E-state index contributed by atoms with van der Waals surface area (Å²) in [4.78, 5) is 0. The van der Waals surface area contributed by atoms with E-state index in [0.29, 0.717) is 11.3 Å². The van der Waals surface area contributed by atoms with E-state index in [1.807, 2.05) is 0 Å². The molecule has 1 nitrogen and oxygen atoms in total. The van der Waals surface area contributed by atoms with Crippen LogP contribution in [0.2, 0.25) is 0 Å². The molecule has 0 saturated heterocycles. The van der Waals surface area contributed by atoms with Crippen LogP contribution in [-0.4, -0.2) is 0 Å². The van der Waals surface area contributed by atoms with Crippen molar-refractivity contribution in [2.45, 2.75) is 0 Å². The van der Waals surface area contributed by atoms with Crippen molar-refractivity contribution >= 4 is 11.0 Å². The van der Waals surface area contributed by atoms with Gasteiger partial charge in [0.05, 0.1) is 0 Å². The van der Waals surface area contributed by atoms with Crippen molar-refractivity contribution in [3.05, 3.63) is 42.5 Å². The van der Waals surface area contributed by atoms with Gasteiger partial charge in [-0.05, 0) is 30.2 Å². The largest absolute Gasteiger partial charge is 0.461 e. The quantitative estimate of drug-likeness (QED) is 0.558. The van der Waals surface area contributed by atoms with Gasteiger partial charge in [-0.3, -0.25) is 0 Å². The molecule has 2 rings (SSSR count). The number of fused-ring (bicyclic) bond motifs is 1. The molecule has 0 saturated carbocycles. The summed E-state index contributed by atoms with van der Waals surface area (Å²) < 4.78 is 16.9. The number of rotatable bonds is 0. The van der Waals surface area contributed by atoms with E-state index in [4.69, 9.17) is 4.42 Å². The summed E-state index contributed by atoms with van der Waals surface area (Å²) in [5, 5.41) is 0.894. The minimum absolute atomic E-state index is 0.598. The van der Waals surface area contributed by atoms with Crippen molar-refractivity contribution < 1.29 is 8.81 Å². The zero-order chi connectivity index (χ0) is 9.26. The molecule has 0 aliphatic carbocycles. The third-order valence-corrected chi connectivity index (χ3v) is 1.76. The lowest BCUT2D eigenvalue weighted by atomic mass is 10.2. The van der Waals surface area contributed by atoms with E-state index in [-0.39, 0.29) is 0 Å². The highest BCUT2D eigenvalue weighted by atomic mass is 19.1. The van der Waals surface area contributed by atoms with Crippen molar-refractivity contribution in [3.63, 3.8) is 0 Å². The second kappa shape index (κ2) is 2.95. The van der Waals surface area contributed by atoms with E-state index < -0.39 is 0 Å². The fourth-order valence-corrected chi connectivity index (χ4v) is 1.23. The van der Waals surface area contributed by atoms with Crippen LogP contribution in [0.5, 0.6) is 0 Å². The first-order valence-electron chi connectivity index (χ1n) is 3.77. The van der Waals surface area contributed by atoms with Gasteiger partial charge in [-0.25, -0.2) is 0 Å². The summed E-state index contributed by atoms with van der Waals surface area (Å²) >= 11 is 0. The predicted octanol–water partition coefficient (Wildman–Crippen LogP) is 2.89. The first-order valence-corrected chi connectivity index (χ1v) is 3.77. The standard InChI is InChI=1S/C11H6FO/c1-8-6-10-7-9(4-5-12)2-3-11(10)13-8/h2-3,6-7H,1H2. The third kappa shape index (κ3) is 1.41. The SMILES string of the molecule is [CH2]c1cc2cc(C#CF)ccc2o1. The Kier molecular flexibility index (Phi) is 1.79. The molecule has 0 spiro atoms. The van der Waals surface area contributed by atoms with Crippen LogP contribution in [0.15, 0.2) is 28.7 Å². The van der Waals surface area contributed by atoms with Crippen LogP contribution in [0.1, 0.15) is 11.3 Å². The summed E-state index contributed by atoms with van der Waals surface area (Å²) in [6.45, 7) is 3.66. The minimum Gasteiger partial charge on any atom is -0.461 e. The van der Waals surface area contributed by atoms with E-state index in [9.17, 15) is 4.39 Å². The molecule has 0 atom stereocenters. The fraction of sp³-hybridized carbons (Fsp3) is 0. The third-order valence-electron chi connectivity index (χ3n) is 1.76. The van der Waals surface area contributed by atoms with E-state index in [2.05, 4.69) is 12.8 Å². The van der Waals surface area contributed by atoms with Gasteiger partial charge >= 0.3 is 0 Å². The van der Waals surface area contributed by atoms with Crippen LogP contribution in [-0.2, 0) is 0 Å². The van der Waals surface area contributed by atoms with Crippen molar-refractivity contribution in [2.24, 2.45) is 0 Å².